The molecular weight excluding hydrogens is 724 g/mol. The Balaban J connectivity index is 1.83. The first-order valence-electron chi connectivity index (χ1n) is 17.6. The first-order valence-corrected chi connectivity index (χ1v) is 17.6. The third kappa shape index (κ3) is 13.3. The fourth-order valence-electron chi connectivity index (χ4n) is 6.11. The molecule has 0 spiro atoms. The fraction of sp³-hybridized carbons (Fsp3) is 0.500. The van der Waals surface area contributed by atoms with Gasteiger partial charge in [0, 0.05) is 49.5 Å². The number of hydrogen-bond acceptors (Lipinski definition) is 10. The minimum atomic E-state index is -1.62. The van der Waals surface area contributed by atoms with Crippen molar-refractivity contribution in [3.8, 4) is 0 Å². The Morgan fingerprint density at radius 3 is 1.95 bits per heavy atom. The van der Waals surface area contributed by atoms with E-state index < -0.39 is 103 Å². The van der Waals surface area contributed by atoms with Crippen LogP contribution in [0.1, 0.15) is 56.9 Å². The van der Waals surface area contributed by atoms with Gasteiger partial charge in [0.25, 0.3) is 0 Å². The third-order valence-corrected chi connectivity index (χ3v) is 8.90. The number of nitrogens with zero attached hydrogens (tertiary/aromatic N) is 2. The molecule has 1 aromatic carbocycles. The Morgan fingerprint density at radius 2 is 1.38 bits per heavy atom. The molecule has 1 saturated heterocycles. The van der Waals surface area contributed by atoms with Crippen molar-refractivity contribution in [2.24, 2.45) is 22.2 Å². The number of aliphatic imine (C=N–C) groups is 1. The van der Waals surface area contributed by atoms with E-state index in [1.165, 1.54) is 4.90 Å². The summed E-state index contributed by atoms with van der Waals surface area (Å²) in [4.78, 5) is 110. The van der Waals surface area contributed by atoms with Crippen LogP contribution >= 0.6 is 0 Å². The lowest BCUT2D eigenvalue weighted by Gasteiger charge is -2.28. The third-order valence-electron chi connectivity index (χ3n) is 8.90. The quantitative estimate of drug-likeness (QED) is 0.0334. The number of nitrogens with one attached hydrogen (secondary N) is 5. The van der Waals surface area contributed by atoms with E-state index in [4.69, 9.17) is 17.2 Å². The maximum Gasteiger partial charge on any atom is 0.326 e. The summed E-state index contributed by atoms with van der Waals surface area (Å²) in [5.74, 6) is -8.46. The summed E-state index contributed by atoms with van der Waals surface area (Å²) in [7, 11) is 0. The molecule has 1 aliphatic rings. The second-order valence-corrected chi connectivity index (χ2v) is 12.9. The van der Waals surface area contributed by atoms with Gasteiger partial charge in [-0.15, -0.1) is 0 Å². The maximum atomic E-state index is 13.7. The van der Waals surface area contributed by atoms with E-state index in [2.05, 4.69) is 31.2 Å². The highest BCUT2D eigenvalue weighted by molar-refractivity contribution is 5.96. The Hall–Kier alpha value is -6.25. The van der Waals surface area contributed by atoms with Crippen molar-refractivity contribution in [1.29, 1.82) is 0 Å². The molecule has 1 fully saturated rings. The van der Waals surface area contributed by atoms with Crippen molar-refractivity contribution in [1.82, 2.24) is 31.2 Å². The predicted octanol–water partition coefficient (Wildman–Crippen LogP) is -2.53. The summed E-state index contributed by atoms with van der Waals surface area (Å²) in [5.41, 5.74) is 17.6. The summed E-state index contributed by atoms with van der Waals surface area (Å²) in [6, 6.07) is 0.147. The largest absolute Gasteiger partial charge is 0.481 e. The van der Waals surface area contributed by atoms with Crippen LogP contribution in [0.2, 0.25) is 0 Å². The van der Waals surface area contributed by atoms with Crippen molar-refractivity contribution in [2.75, 3.05) is 19.6 Å². The first-order chi connectivity index (χ1) is 26.1. The van der Waals surface area contributed by atoms with Gasteiger partial charge in [-0.2, -0.15) is 0 Å². The van der Waals surface area contributed by atoms with Gasteiger partial charge < -0.3 is 63.7 Å². The van der Waals surface area contributed by atoms with Crippen molar-refractivity contribution in [3.63, 3.8) is 0 Å². The fourth-order valence-corrected chi connectivity index (χ4v) is 6.11. The lowest BCUT2D eigenvalue weighted by Crippen LogP contribution is -2.59. The molecule has 2 heterocycles. The number of rotatable bonds is 22. The Morgan fingerprint density at radius 1 is 0.818 bits per heavy atom. The topological polar surface area (TPSA) is 355 Å². The minimum Gasteiger partial charge on any atom is -0.481 e. The molecule has 0 radical (unpaired) electrons. The number of carbonyl (C=O) groups is 8. The van der Waals surface area contributed by atoms with Gasteiger partial charge in [-0.1, -0.05) is 18.2 Å². The lowest BCUT2D eigenvalue weighted by molar-refractivity contribution is -0.142. The van der Waals surface area contributed by atoms with Gasteiger partial charge in [-0.25, -0.2) is 4.79 Å². The molecule has 21 heteroatoms. The standard InChI is InChI=1S/C34H48N10O11/c35-16-26(45)44-14-4-8-25(44)32(53)42-23(10-12-28(48)49)31(52)41-22(9-11-27(46)47)30(51)40-21(7-3-13-38-34(36)37)29(50)43-24(33(54)55)15-18-17-39-20-6-2-1-5-19(18)20/h1-2,5-6,17,21-25,39H,3-4,7-16,35H2,(H,40,51)(H,41,52)(H,42,53)(H,43,50)(H,46,47)(H,48,49)(H,54,55)(H4,36,37,38)/t21-,22-,23-,24-,25-/m0/s1. The number of amides is 5. The zero-order valence-corrected chi connectivity index (χ0v) is 30.0. The SMILES string of the molecule is NCC(=O)N1CCC[C@H]1C(=O)N[C@@H](CCC(=O)O)C(=O)N[C@@H](CCC(=O)O)C(=O)N[C@@H](CCCN=C(N)N)C(=O)N[C@@H](Cc1c[nH]c2ccccc12)C(=O)O. The van der Waals surface area contributed by atoms with Crippen LogP contribution in [0.25, 0.3) is 10.9 Å². The predicted molar refractivity (Wildman–Crippen MR) is 195 cm³/mol. The number of likely N-dealkylation sites (tertiary alicyclic amines) is 1. The molecule has 3 rings (SSSR count). The van der Waals surface area contributed by atoms with E-state index in [-0.39, 0.29) is 51.3 Å². The van der Waals surface area contributed by atoms with Crippen molar-refractivity contribution < 1.29 is 53.7 Å². The molecule has 1 aliphatic heterocycles. The van der Waals surface area contributed by atoms with Crippen LogP contribution in [0, 0.1) is 0 Å². The molecular formula is C34H48N10O11. The van der Waals surface area contributed by atoms with Crippen molar-refractivity contribution in [3.05, 3.63) is 36.0 Å². The van der Waals surface area contributed by atoms with E-state index in [1.54, 1.807) is 30.5 Å². The van der Waals surface area contributed by atoms with E-state index in [1.807, 2.05) is 0 Å². The number of nitrogens with two attached hydrogens (primary N) is 3. The molecule has 0 saturated carbocycles. The molecule has 0 bridgehead atoms. The Bertz CT molecular complexity index is 1760. The number of carboxylic acids is 3. The van der Waals surface area contributed by atoms with Crippen LogP contribution in [0.5, 0.6) is 0 Å². The van der Waals surface area contributed by atoms with Crippen LogP contribution in [-0.4, -0.2) is 128 Å². The number of fused-ring (bicyclic) bond motifs is 1. The van der Waals surface area contributed by atoms with Gasteiger partial charge in [-0.3, -0.25) is 38.6 Å². The van der Waals surface area contributed by atoms with Gasteiger partial charge >= 0.3 is 17.9 Å². The number of aromatic nitrogens is 1. The Kier molecular flexibility index (Phi) is 16.4. The number of para-hydroxylation sites is 1. The normalized spacial score (nSPS) is 15.9. The number of carbonyl (C=O) groups excluding carboxylic acids is 5. The molecule has 55 heavy (non-hydrogen) atoms. The molecule has 14 N–H and O–H groups in total. The highest BCUT2D eigenvalue weighted by atomic mass is 16.4. The van der Waals surface area contributed by atoms with Crippen molar-refractivity contribution >= 4 is 64.3 Å². The summed E-state index contributed by atoms with van der Waals surface area (Å²) < 4.78 is 0. The lowest BCUT2D eigenvalue weighted by atomic mass is 10.0. The monoisotopic (exact) mass is 772 g/mol. The molecule has 300 valence electrons. The number of hydrogen-bond donors (Lipinski definition) is 11. The maximum absolute atomic E-state index is 13.7. The van der Waals surface area contributed by atoms with E-state index in [0.29, 0.717) is 12.0 Å². The zero-order valence-electron chi connectivity index (χ0n) is 30.0. The van der Waals surface area contributed by atoms with E-state index in [0.717, 1.165) is 10.9 Å². The summed E-state index contributed by atoms with van der Waals surface area (Å²) in [6.07, 6.45) is 0.0927. The second-order valence-electron chi connectivity index (χ2n) is 12.9. The summed E-state index contributed by atoms with van der Waals surface area (Å²) >= 11 is 0. The number of benzene rings is 1. The minimum absolute atomic E-state index is 0.0269. The zero-order chi connectivity index (χ0) is 40.7. The molecule has 0 aliphatic carbocycles. The molecule has 1 aromatic heterocycles. The van der Waals surface area contributed by atoms with Gasteiger partial charge in [0.1, 0.15) is 30.2 Å². The number of aromatic amines is 1. The summed E-state index contributed by atoms with van der Waals surface area (Å²) in [6.45, 7) is -0.0883. The van der Waals surface area contributed by atoms with Gasteiger partial charge in [0.05, 0.1) is 6.54 Å². The average Bonchev–Trinajstić information content (AvgIpc) is 3.79. The molecule has 21 nitrogen and oxygen atoms in total. The number of aliphatic carboxylic acids is 3. The average molecular weight is 773 g/mol. The van der Waals surface area contributed by atoms with Crippen LogP contribution < -0.4 is 38.5 Å². The second kappa shape index (κ2) is 20.8. The van der Waals surface area contributed by atoms with Crippen LogP contribution in [0.15, 0.2) is 35.5 Å². The van der Waals surface area contributed by atoms with E-state index >= 15 is 0 Å². The van der Waals surface area contributed by atoms with Gasteiger partial charge in [0.15, 0.2) is 5.96 Å². The number of carboxylic acid groups (broad SMARTS) is 3. The van der Waals surface area contributed by atoms with E-state index in [9.17, 15) is 53.7 Å². The van der Waals surface area contributed by atoms with Crippen LogP contribution in [0.3, 0.4) is 0 Å². The molecule has 0 unspecified atom stereocenters. The van der Waals surface area contributed by atoms with Crippen molar-refractivity contribution in [2.45, 2.75) is 88.0 Å². The number of guanidine groups is 1. The highest BCUT2D eigenvalue weighted by Gasteiger charge is 2.37. The summed E-state index contributed by atoms with van der Waals surface area (Å²) in [5, 5.41) is 39.1. The van der Waals surface area contributed by atoms with Gasteiger partial charge in [0.2, 0.25) is 29.5 Å². The molecule has 5 amide bonds. The number of H-pyrrole nitrogens is 1. The molecule has 5 atom stereocenters. The first kappa shape index (κ1) is 43.2. The highest BCUT2D eigenvalue weighted by Crippen LogP contribution is 2.20. The Labute approximate surface area is 314 Å². The van der Waals surface area contributed by atoms with Gasteiger partial charge in [-0.05, 0) is 50.2 Å². The van der Waals surface area contributed by atoms with Crippen LogP contribution in [0.4, 0.5) is 0 Å². The smallest absolute Gasteiger partial charge is 0.326 e. The van der Waals surface area contributed by atoms with Crippen LogP contribution in [-0.2, 0) is 44.8 Å². The molecule has 2 aromatic rings.